The molecule has 9 heteroatoms. The molecule has 1 N–H and O–H groups in total. The number of carbonyl (C=O) groups is 2. The number of rotatable bonds is 3. The molecular formula is C17H19N3O4S2. The van der Waals surface area contributed by atoms with Crippen LogP contribution in [0.5, 0.6) is 0 Å². The van der Waals surface area contributed by atoms with Gasteiger partial charge in [-0.1, -0.05) is 0 Å². The summed E-state index contributed by atoms with van der Waals surface area (Å²) in [5.74, 6) is -0.672. The minimum atomic E-state index is -3.06. The Morgan fingerprint density at radius 2 is 2.19 bits per heavy atom. The molecule has 4 rings (SSSR count). The van der Waals surface area contributed by atoms with Crippen LogP contribution in [0.2, 0.25) is 0 Å². The molecule has 2 aromatic rings. The van der Waals surface area contributed by atoms with Crippen molar-refractivity contribution in [2.45, 2.75) is 25.8 Å². The van der Waals surface area contributed by atoms with Gasteiger partial charge in [0.2, 0.25) is 11.8 Å². The van der Waals surface area contributed by atoms with Crippen LogP contribution in [0.15, 0.2) is 18.2 Å². The number of nitrogens with zero attached hydrogens (tertiary/aromatic N) is 2. The van der Waals surface area contributed by atoms with Crippen molar-refractivity contribution in [3.8, 4) is 0 Å². The highest BCUT2D eigenvalue weighted by Crippen LogP contribution is 2.28. The monoisotopic (exact) mass is 393 g/mol. The predicted molar refractivity (Wildman–Crippen MR) is 99.9 cm³/mol. The molecule has 2 atom stereocenters. The fourth-order valence-corrected chi connectivity index (χ4v) is 6.24. The van der Waals surface area contributed by atoms with Crippen molar-refractivity contribution >= 4 is 48.9 Å². The Bertz CT molecular complexity index is 999. The second-order valence-corrected chi connectivity index (χ2v) is 10.4. The molecule has 26 heavy (non-hydrogen) atoms. The van der Waals surface area contributed by atoms with Crippen LogP contribution in [-0.2, 0) is 19.4 Å². The second-order valence-electron chi connectivity index (χ2n) is 6.91. The van der Waals surface area contributed by atoms with Crippen molar-refractivity contribution in [2.24, 2.45) is 5.92 Å². The van der Waals surface area contributed by atoms with Crippen LogP contribution in [0.4, 0.5) is 5.69 Å². The molecule has 2 aliphatic rings. The molecule has 2 aliphatic heterocycles. The van der Waals surface area contributed by atoms with E-state index in [9.17, 15) is 18.0 Å². The van der Waals surface area contributed by atoms with Gasteiger partial charge in [-0.3, -0.25) is 9.59 Å². The second kappa shape index (κ2) is 6.31. The van der Waals surface area contributed by atoms with E-state index < -0.39 is 15.8 Å². The number of hydrogen-bond acceptors (Lipinski definition) is 6. The Kier molecular flexibility index (Phi) is 4.23. The SMILES string of the molecule is Cc1nc2ccc(NC(=O)[C@@H]3CC(=O)N([C@H]4CCS(=O)(=O)C4)C3)cc2s1. The molecule has 1 aromatic heterocycles. The summed E-state index contributed by atoms with van der Waals surface area (Å²) in [5, 5.41) is 3.84. The van der Waals surface area contributed by atoms with E-state index in [4.69, 9.17) is 0 Å². The van der Waals surface area contributed by atoms with Crippen molar-refractivity contribution in [1.29, 1.82) is 0 Å². The molecule has 0 spiro atoms. The van der Waals surface area contributed by atoms with Gasteiger partial charge in [0, 0.05) is 24.7 Å². The summed E-state index contributed by atoms with van der Waals surface area (Å²) in [6, 6.07) is 5.26. The standard InChI is InChI=1S/C17H19N3O4S2/c1-10-18-14-3-2-12(7-15(14)25-10)19-17(22)11-6-16(21)20(8-11)13-4-5-26(23,24)9-13/h2-3,7,11,13H,4-6,8-9H2,1H3,(H,19,22)/t11-,13+/m1/s1. The Balaban J connectivity index is 1.44. The number of likely N-dealkylation sites (tertiary alicyclic amines) is 1. The fraction of sp³-hybridized carbons (Fsp3) is 0.471. The minimum Gasteiger partial charge on any atom is -0.338 e. The molecule has 2 saturated heterocycles. The van der Waals surface area contributed by atoms with Crippen LogP contribution in [0.1, 0.15) is 17.8 Å². The smallest absolute Gasteiger partial charge is 0.229 e. The largest absolute Gasteiger partial charge is 0.338 e. The molecule has 0 unspecified atom stereocenters. The van der Waals surface area contributed by atoms with Crippen LogP contribution >= 0.6 is 11.3 Å². The third-order valence-corrected chi connectivity index (χ3v) is 7.63. The molecule has 138 valence electrons. The number of thiazole rings is 1. The van der Waals surface area contributed by atoms with E-state index in [2.05, 4.69) is 10.3 Å². The summed E-state index contributed by atoms with van der Waals surface area (Å²) in [5.41, 5.74) is 1.58. The van der Waals surface area contributed by atoms with Crippen molar-refractivity contribution in [3.05, 3.63) is 23.2 Å². The Morgan fingerprint density at radius 3 is 2.92 bits per heavy atom. The average molecular weight is 393 g/mol. The number of carbonyl (C=O) groups excluding carboxylic acids is 2. The quantitative estimate of drug-likeness (QED) is 0.854. The van der Waals surface area contributed by atoms with Gasteiger partial charge in [0.1, 0.15) is 0 Å². The van der Waals surface area contributed by atoms with E-state index in [0.717, 1.165) is 15.2 Å². The zero-order valence-corrected chi connectivity index (χ0v) is 15.9. The number of amides is 2. The highest BCUT2D eigenvalue weighted by atomic mass is 32.2. The number of sulfone groups is 1. The summed E-state index contributed by atoms with van der Waals surface area (Å²) >= 11 is 1.56. The molecule has 7 nitrogen and oxygen atoms in total. The van der Waals surface area contributed by atoms with E-state index in [1.807, 2.05) is 19.1 Å². The van der Waals surface area contributed by atoms with Crippen LogP contribution in [0.25, 0.3) is 10.2 Å². The lowest BCUT2D eigenvalue weighted by Crippen LogP contribution is -2.38. The summed E-state index contributed by atoms with van der Waals surface area (Å²) < 4.78 is 24.3. The maximum atomic E-state index is 12.6. The molecule has 3 heterocycles. The number of hydrogen-bond donors (Lipinski definition) is 1. The van der Waals surface area contributed by atoms with Gasteiger partial charge in [0.05, 0.1) is 32.6 Å². The molecule has 0 aliphatic carbocycles. The van der Waals surface area contributed by atoms with Crippen molar-refractivity contribution < 1.29 is 18.0 Å². The number of anilines is 1. The van der Waals surface area contributed by atoms with Crippen molar-refractivity contribution in [1.82, 2.24) is 9.88 Å². The molecule has 0 bridgehead atoms. The van der Waals surface area contributed by atoms with E-state index in [1.54, 1.807) is 22.3 Å². The van der Waals surface area contributed by atoms with Crippen LogP contribution in [0, 0.1) is 12.8 Å². The van der Waals surface area contributed by atoms with E-state index in [0.29, 0.717) is 12.1 Å². The van der Waals surface area contributed by atoms with Gasteiger partial charge in [0.25, 0.3) is 0 Å². The molecule has 0 radical (unpaired) electrons. The third-order valence-electron chi connectivity index (χ3n) is 4.94. The van der Waals surface area contributed by atoms with Gasteiger partial charge >= 0.3 is 0 Å². The first-order valence-electron chi connectivity index (χ1n) is 8.49. The summed E-state index contributed by atoms with van der Waals surface area (Å²) in [6.07, 6.45) is 0.591. The van der Waals surface area contributed by atoms with E-state index in [-0.39, 0.29) is 42.3 Å². The molecule has 0 saturated carbocycles. The van der Waals surface area contributed by atoms with E-state index in [1.165, 1.54) is 0 Å². The Hall–Kier alpha value is -2.00. The van der Waals surface area contributed by atoms with E-state index >= 15 is 0 Å². The predicted octanol–water partition coefficient (Wildman–Crippen LogP) is 1.58. The molecule has 1 aromatic carbocycles. The lowest BCUT2D eigenvalue weighted by molar-refractivity contribution is -0.129. The average Bonchev–Trinajstić information content (AvgIpc) is 3.22. The fourth-order valence-electron chi connectivity index (χ4n) is 3.64. The number of benzene rings is 1. The molecule has 2 amide bonds. The maximum absolute atomic E-state index is 12.6. The zero-order valence-electron chi connectivity index (χ0n) is 14.3. The first kappa shape index (κ1) is 17.4. The number of aryl methyl sites for hydroxylation is 1. The van der Waals surface area contributed by atoms with Crippen LogP contribution in [0.3, 0.4) is 0 Å². The lowest BCUT2D eigenvalue weighted by atomic mass is 10.1. The lowest BCUT2D eigenvalue weighted by Gasteiger charge is -2.22. The van der Waals surface area contributed by atoms with Gasteiger partial charge in [-0.05, 0) is 31.5 Å². The number of nitrogens with one attached hydrogen (secondary N) is 1. The Labute approximate surface area is 155 Å². The van der Waals surface area contributed by atoms with Gasteiger partial charge in [-0.15, -0.1) is 11.3 Å². The normalized spacial score (nSPS) is 25.1. The first-order chi connectivity index (χ1) is 12.3. The number of fused-ring (bicyclic) bond motifs is 1. The van der Waals surface area contributed by atoms with Gasteiger partial charge < -0.3 is 10.2 Å². The summed E-state index contributed by atoms with van der Waals surface area (Å²) in [6.45, 7) is 2.22. The molecular weight excluding hydrogens is 374 g/mol. The van der Waals surface area contributed by atoms with Gasteiger partial charge in [0.15, 0.2) is 9.84 Å². The van der Waals surface area contributed by atoms with Gasteiger partial charge in [-0.25, -0.2) is 13.4 Å². The highest BCUT2D eigenvalue weighted by Gasteiger charge is 2.41. The van der Waals surface area contributed by atoms with Crippen LogP contribution in [-0.4, -0.2) is 54.2 Å². The van der Waals surface area contributed by atoms with Crippen LogP contribution < -0.4 is 5.32 Å². The highest BCUT2D eigenvalue weighted by molar-refractivity contribution is 7.91. The Morgan fingerprint density at radius 1 is 1.38 bits per heavy atom. The molecule has 2 fully saturated rings. The third kappa shape index (κ3) is 3.33. The van der Waals surface area contributed by atoms with Gasteiger partial charge in [-0.2, -0.15) is 0 Å². The zero-order chi connectivity index (χ0) is 18.5. The summed E-state index contributed by atoms with van der Waals surface area (Å²) in [7, 11) is -3.06. The van der Waals surface area contributed by atoms with Crippen molar-refractivity contribution in [2.75, 3.05) is 23.4 Å². The topological polar surface area (TPSA) is 96.4 Å². The minimum absolute atomic E-state index is 0.00841. The van der Waals surface area contributed by atoms with Crippen molar-refractivity contribution in [3.63, 3.8) is 0 Å². The maximum Gasteiger partial charge on any atom is 0.229 e. The number of aromatic nitrogens is 1. The first-order valence-corrected chi connectivity index (χ1v) is 11.1. The summed E-state index contributed by atoms with van der Waals surface area (Å²) in [4.78, 5) is 30.8.